The fraction of sp³-hybridized carbons (Fsp3) is 0.200. The number of rotatable bonds is 8. The molecule has 1 atom stereocenters. The van der Waals surface area contributed by atoms with Gasteiger partial charge in [-0.2, -0.15) is 0 Å². The number of carbonyl (C=O) groups excluding carboxylic acids is 3. The molecule has 2 N–H and O–H groups in total. The number of amidine groups is 1. The first-order valence-corrected chi connectivity index (χ1v) is 13.5. The number of nitrogens with zero attached hydrogens (tertiary/aromatic N) is 1. The minimum absolute atomic E-state index is 0.0234. The molecule has 192 valence electrons. The molecule has 0 fully saturated rings. The molecule has 0 unspecified atom stereocenters. The minimum Gasteiger partial charge on any atom is -0.462 e. The van der Waals surface area contributed by atoms with Crippen LogP contribution in [0.4, 0.5) is 5.69 Å². The maximum Gasteiger partial charge on any atom is 0.350 e. The van der Waals surface area contributed by atoms with Gasteiger partial charge in [0.2, 0.25) is 0 Å². The van der Waals surface area contributed by atoms with E-state index in [-0.39, 0.29) is 27.9 Å². The standard InChI is InChI=1S/C25H23N3O7S2/c1-3-34-25(31)22-18(13-19(36-22)16-9-5-4-6-10-16)27-21(29)14-35-24(30)15(2)26-23-17-11-7-8-12-20(17)37(32,33)28-23/h4-13,15H,3,14H2,1-2H3,(H,26,28)(H,27,29)/t15-/m1/s1. The monoisotopic (exact) mass is 541 g/mol. The molecule has 0 aliphatic carbocycles. The Balaban J connectivity index is 1.42. The quantitative estimate of drug-likeness (QED) is 0.417. The zero-order chi connectivity index (χ0) is 26.6. The first-order valence-electron chi connectivity index (χ1n) is 11.2. The fourth-order valence-corrected chi connectivity index (χ4v) is 5.75. The molecule has 4 rings (SSSR count). The highest BCUT2D eigenvalue weighted by atomic mass is 32.2. The van der Waals surface area contributed by atoms with Gasteiger partial charge in [0.1, 0.15) is 16.8 Å². The average Bonchev–Trinajstić information content (AvgIpc) is 3.41. The Kier molecular flexibility index (Phi) is 7.69. The summed E-state index contributed by atoms with van der Waals surface area (Å²) in [6.45, 7) is 2.64. The second-order valence-corrected chi connectivity index (χ2v) is 10.6. The van der Waals surface area contributed by atoms with Crippen molar-refractivity contribution in [3.8, 4) is 10.4 Å². The van der Waals surface area contributed by atoms with Crippen LogP contribution in [0.15, 0.2) is 70.6 Å². The summed E-state index contributed by atoms with van der Waals surface area (Å²) in [4.78, 5) is 42.6. The Labute approximate surface area is 217 Å². The summed E-state index contributed by atoms with van der Waals surface area (Å²) in [5.41, 5.74) is 1.45. The van der Waals surface area contributed by atoms with E-state index < -0.39 is 40.5 Å². The molecule has 0 radical (unpaired) electrons. The van der Waals surface area contributed by atoms with Gasteiger partial charge in [0, 0.05) is 10.4 Å². The summed E-state index contributed by atoms with van der Waals surface area (Å²) < 4.78 is 36.9. The number of benzene rings is 2. The van der Waals surface area contributed by atoms with Crippen LogP contribution in [0.5, 0.6) is 0 Å². The van der Waals surface area contributed by atoms with E-state index in [4.69, 9.17) is 9.47 Å². The predicted octanol–water partition coefficient (Wildman–Crippen LogP) is 3.20. The molecule has 0 saturated heterocycles. The maximum atomic E-state index is 12.5. The van der Waals surface area contributed by atoms with Crippen molar-refractivity contribution >= 4 is 50.7 Å². The van der Waals surface area contributed by atoms with Crippen LogP contribution in [-0.2, 0) is 29.1 Å². The van der Waals surface area contributed by atoms with Crippen molar-refractivity contribution in [1.29, 1.82) is 0 Å². The van der Waals surface area contributed by atoms with Crippen molar-refractivity contribution in [2.75, 3.05) is 18.5 Å². The lowest BCUT2D eigenvalue weighted by atomic mass is 10.2. The zero-order valence-corrected chi connectivity index (χ0v) is 21.5. The van der Waals surface area contributed by atoms with Gasteiger partial charge in [-0.15, -0.1) is 11.3 Å². The van der Waals surface area contributed by atoms with Gasteiger partial charge in [-0.25, -0.2) is 18.0 Å². The van der Waals surface area contributed by atoms with E-state index in [0.29, 0.717) is 5.56 Å². The number of thiophene rings is 1. The number of anilines is 1. The number of hydrogen-bond donors (Lipinski definition) is 2. The van der Waals surface area contributed by atoms with E-state index in [2.05, 4.69) is 15.0 Å². The average molecular weight is 542 g/mol. The van der Waals surface area contributed by atoms with Gasteiger partial charge in [-0.3, -0.25) is 14.5 Å². The molecule has 10 nitrogen and oxygen atoms in total. The van der Waals surface area contributed by atoms with E-state index >= 15 is 0 Å². The third kappa shape index (κ3) is 5.87. The molecule has 37 heavy (non-hydrogen) atoms. The maximum absolute atomic E-state index is 12.5. The van der Waals surface area contributed by atoms with E-state index in [1.807, 2.05) is 30.3 Å². The Morgan fingerprint density at radius 3 is 2.49 bits per heavy atom. The SMILES string of the molecule is CCOC(=O)c1sc(-c2ccccc2)cc1NC(=O)COC(=O)[C@@H](C)N=C1NS(=O)(=O)c2ccccc21. The number of amides is 1. The number of sulfonamides is 1. The van der Waals surface area contributed by atoms with Crippen LogP contribution in [0.1, 0.15) is 29.1 Å². The molecule has 2 heterocycles. The minimum atomic E-state index is -3.75. The second kappa shape index (κ2) is 10.9. The lowest BCUT2D eigenvalue weighted by molar-refractivity contribution is -0.148. The largest absolute Gasteiger partial charge is 0.462 e. The number of esters is 2. The lowest BCUT2D eigenvalue weighted by Gasteiger charge is -2.10. The number of fused-ring (bicyclic) bond motifs is 1. The van der Waals surface area contributed by atoms with Gasteiger partial charge in [-0.05, 0) is 37.6 Å². The highest BCUT2D eigenvalue weighted by Crippen LogP contribution is 2.35. The summed E-state index contributed by atoms with van der Waals surface area (Å²) in [5.74, 6) is -2.05. The predicted molar refractivity (Wildman–Crippen MR) is 138 cm³/mol. The number of aliphatic imine (C=N–C) groups is 1. The van der Waals surface area contributed by atoms with Crippen LogP contribution in [0, 0.1) is 0 Å². The molecule has 1 amide bonds. The Morgan fingerprint density at radius 1 is 1.05 bits per heavy atom. The number of nitrogens with one attached hydrogen (secondary N) is 2. The molecule has 2 aromatic carbocycles. The van der Waals surface area contributed by atoms with Gasteiger partial charge in [0.25, 0.3) is 15.9 Å². The lowest BCUT2D eigenvalue weighted by Crippen LogP contribution is -2.29. The normalized spacial score (nSPS) is 15.4. The topological polar surface area (TPSA) is 140 Å². The summed E-state index contributed by atoms with van der Waals surface area (Å²) >= 11 is 1.17. The van der Waals surface area contributed by atoms with Crippen LogP contribution in [0.25, 0.3) is 10.4 Å². The van der Waals surface area contributed by atoms with Gasteiger partial charge < -0.3 is 14.8 Å². The van der Waals surface area contributed by atoms with Crippen molar-refractivity contribution in [2.24, 2.45) is 4.99 Å². The first kappa shape index (κ1) is 26.0. The molecule has 0 spiro atoms. The Hall–Kier alpha value is -4.03. The van der Waals surface area contributed by atoms with E-state index in [1.54, 1.807) is 31.2 Å². The van der Waals surface area contributed by atoms with Crippen LogP contribution in [0.2, 0.25) is 0 Å². The summed E-state index contributed by atoms with van der Waals surface area (Å²) in [6, 6.07) is 16.2. The zero-order valence-electron chi connectivity index (χ0n) is 19.9. The summed E-state index contributed by atoms with van der Waals surface area (Å²) in [7, 11) is -3.75. The highest BCUT2D eigenvalue weighted by molar-refractivity contribution is 7.90. The van der Waals surface area contributed by atoms with Crippen LogP contribution in [0.3, 0.4) is 0 Å². The van der Waals surface area contributed by atoms with Gasteiger partial charge in [0.05, 0.1) is 17.2 Å². The second-order valence-electron chi connectivity index (χ2n) is 7.85. The number of ether oxygens (including phenoxy) is 2. The van der Waals surface area contributed by atoms with Crippen molar-refractivity contribution in [2.45, 2.75) is 24.8 Å². The molecular weight excluding hydrogens is 518 g/mol. The van der Waals surface area contributed by atoms with Crippen LogP contribution in [-0.4, -0.2) is 51.4 Å². The van der Waals surface area contributed by atoms with Crippen LogP contribution < -0.4 is 10.0 Å². The van der Waals surface area contributed by atoms with Crippen molar-refractivity contribution in [3.63, 3.8) is 0 Å². The molecular formula is C25H23N3O7S2. The summed E-state index contributed by atoms with van der Waals surface area (Å²) in [5, 5.41) is 2.60. The number of hydrogen-bond acceptors (Lipinski definition) is 9. The molecule has 0 saturated carbocycles. The Bertz CT molecular complexity index is 1480. The highest BCUT2D eigenvalue weighted by Gasteiger charge is 2.31. The fourth-order valence-electron chi connectivity index (χ4n) is 3.50. The van der Waals surface area contributed by atoms with Gasteiger partial charge in [0.15, 0.2) is 6.61 Å². The van der Waals surface area contributed by atoms with Gasteiger partial charge in [-0.1, -0.05) is 42.5 Å². The molecule has 12 heteroatoms. The molecule has 1 aliphatic heterocycles. The Morgan fingerprint density at radius 2 is 1.76 bits per heavy atom. The molecule has 0 bridgehead atoms. The number of carbonyl (C=O) groups is 3. The van der Waals surface area contributed by atoms with E-state index in [9.17, 15) is 22.8 Å². The molecule has 3 aromatic rings. The van der Waals surface area contributed by atoms with Crippen molar-refractivity contribution in [3.05, 3.63) is 71.1 Å². The molecule has 1 aromatic heterocycles. The molecule has 1 aliphatic rings. The van der Waals surface area contributed by atoms with E-state index in [0.717, 1.165) is 10.4 Å². The van der Waals surface area contributed by atoms with E-state index in [1.165, 1.54) is 24.3 Å². The van der Waals surface area contributed by atoms with Gasteiger partial charge >= 0.3 is 11.9 Å². The van der Waals surface area contributed by atoms with Crippen LogP contribution >= 0.6 is 11.3 Å². The van der Waals surface area contributed by atoms with Crippen molar-refractivity contribution in [1.82, 2.24) is 4.72 Å². The summed E-state index contributed by atoms with van der Waals surface area (Å²) in [6.07, 6.45) is 0. The smallest absolute Gasteiger partial charge is 0.350 e. The first-order chi connectivity index (χ1) is 17.7. The third-order valence-electron chi connectivity index (χ3n) is 5.20. The van der Waals surface area contributed by atoms with Crippen molar-refractivity contribution < 1.29 is 32.3 Å². The third-order valence-corrected chi connectivity index (χ3v) is 7.76.